The van der Waals surface area contributed by atoms with Crippen LogP contribution in [0.3, 0.4) is 0 Å². The maximum Gasteiger partial charge on any atom is 0.119 e. The van der Waals surface area contributed by atoms with E-state index >= 15 is 0 Å². The van der Waals surface area contributed by atoms with Gasteiger partial charge >= 0.3 is 0 Å². The average Bonchev–Trinajstić information content (AvgIpc) is 2.27. The Kier molecular flexibility index (Phi) is 3.09. The van der Waals surface area contributed by atoms with Gasteiger partial charge in [0.15, 0.2) is 0 Å². The van der Waals surface area contributed by atoms with E-state index in [-0.39, 0.29) is 5.41 Å². The van der Waals surface area contributed by atoms with Crippen molar-refractivity contribution >= 4 is 5.71 Å². The maximum absolute atomic E-state index is 5.27. The molecule has 17 heavy (non-hydrogen) atoms. The van der Waals surface area contributed by atoms with Crippen LogP contribution in [0.1, 0.15) is 31.4 Å². The number of hydrogen-bond acceptors (Lipinski definition) is 3. The monoisotopic (exact) mass is 233 g/mol. The second-order valence-corrected chi connectivity index (χ2v) is 5.26. The minimum Gasteiger partial charge on any atom is -0.497 e. The second-order valence-electron chi connectivity index (χ2n) is 5.26. The van der Waals surface area contributed by atoms with Crippen molar-refractivity contribution in [2.24, 2.45) is 10.6 Å². The van der Waals surface area contributed by atoms with E-state index in [9.17, 15) is 0 Å². The van der Waals surface area contributed by atoms with Crippen molar-refractivity contribution in [1.82, 2.24) is 0 Å². The lowest BCUT2D eigenvalue weighted by Gasteiger charge is -2.32. The average molecular weight is 233 g/mol. The SMILES string of the molecule is CO/N=C1\CC(C)(C)Cc2cc(OC)ccc21. The summed E-state index contributed by atoms with van der Waals surface area (Å²) >= 11 is 0. The Hall–Kier alpha value is -1.51. The molecule has 2 rings (SSSR count). The molecule has 0 N–H and O–H groups in total. The first kappa shape index (κ1) is 12.0. The molecule has 1 aliphatic carbocycles. The van der Waals surface area contributed by atoms with Crippen LogP contribution in [0.5, 0.6) is 5.75 Å². The molecule has 0 aliphatic heterocycles. The van der Waals surface area contributed by atoms with Gasteiger partial charge in [-0.2, -0.15) is 0 Å². The first-order valence-electron chi connectivity index (χ1n) is 5.83. The third kappa shape index (κ3) is 2.43. The van der Waals surface area contributed by atoms with E-state index in [1.807, 2.05) is 6.07 Å². The van der Waals surface area contributed by atoms with Crippen LogP contribution in [-0.4, -0.2) is 19.9 Å². The Labute approximate surface area is 102 Å². The molecule has 0 amide bonds. The molecule has 1 aromatic carbocycles. The summed E-state index contributed by atoms with van der Waals surface area (Å²) < 4.78 is 5.27. The van der Waals surface area contributed by atoms with Crippen molar-refractivity contribution in [3.8, 4) is 5.75 Å². The van der Waals surface area contributed by atoms with E-state index in [4.69, 9.17) is 9.57 Å². The molecule has 0 saturated carbocycles. The number of hydrogen-bond donors (Lipinski definition) is 0. The van der Waals surface area contributed by atoms with Gasteiger partial charge in [-0.05, 0) is 42.0 Å². The molecule has 0 atom stereocenters. The molecule has 1 aliphatic rings. The van der Waals surface area contributed by atoms with Crippen molar-refractivity contribution in [1.29, 1.82) is 0 Å². The molecule has 0 spiro atoms. The van der Waals surface area contributed by atoms with Crippen molar-refractivity contribution in [3.05, 3.63) is 29.3 Å². The van der Waals surface area contributed by atoms with Gasteiger partial charge in [0.1, 0.15) is 12.9 Å². The van der Waals surface area contributed by atoms with Gasteiger partial charge in [-0.15, -0.1) is 0 Å². The van der Waals surface area contributed by atoms with Crippen LogP contribution in [0, 0.1) is 5.41 Å². The fourth-order valence-corrected chi connectivity index (χ4v) is 2.44. The van der Waals surface area contributed by atoms with Gasteiger partial charge in [-0.25, -0.2) is 0 Å². The van der Waals surface area contributed by atoms with E-state index in [0.29, 0.717) is 0 Å². The van der Waals surface area contributed by atoms with Crippen LogP contribution < -0.4 is 4.74 Å². The number of oxime groups is 1. The van der Waals surface area contributed by atoms with Crippen molar-refractivity contribution in [3.63, 3.8) is 0 Å². The van der Waals surface area contributed by atoms with Gasteiger partial charge < -0.3 is 9.57 Å². The summed E-state index contributed by atoms with van der Waals surface area (Å²) in [5, 5.41) is 4.15. The molecular weight excluding hydrogens is 214 g/mol. The molecule has 92 valence electrons. The van der Waals surface area contributed by atoms with Gasteiger partial charge in [0.25, 0.3) is 0 Å². The summed E-state index contributed by atoms with van der Waals surface area (Å²) in [7, 11) is 3.29. The number of methoxy groups -OCH3 is 1. The Balaban J connectivity index is 2.48. The predicted octanol–water partition coefficient (Wildman–Crippen LogP) is 3.02. The van der Waals surface area contributed by atoms with E-state index in [0.717, 1.165) is 24.3 Å². The first-order chi connectivity index (χ1) is 8.05. The Bertz CT molecular complexity index is 450. The molecule has 1 aromatic rings. The number of benzene rings is 1. The Morgan fingerprint density at radius 1 is 1.18 bits per heavy atom. The zero-order valence-electron chi connectivity index (χ0n) is 10.9. The highest BCUT2D eigenvalue weighted by atomic mass is 16.6. The van der Waals surface area contributed by atoms with E-state index in [1.54, 1.807) is 14.2 Å². The molecule has 3 heteroatoms. The molecule has 0 unspecified atom stereocenters. The highest BCUT2D eigenvalue weighted by Crippen LogP contribution is 2.36. The number of rotatable bonds is 2. The molecule has 0 saturated heterocycles. The highest BCUT2D eigenvalue weighted by Gasteiger charge is 2.30. The van der Waals surface area contributed by atoms with Crippen LogP contribution in [0.25, 0.3) is 0 Å². The minimum absolute atomic E-state index is 0.219. The van der Waals surface area contributed by atoms with E-state index < -0.39 is 0 Å². The summed E-state index contributed by atoms with van der Waals surface area (Å²) in [4.78, 5) is 4.94. The standard InChI is InChI=1S/C14H19NO2/c1-14(2)8-10-7-11(16-3)5-6-12(10)13(9-14)15-17-4/h5-7H,8-9H2,1-4H3/b15-13+. The Morgan fingerprint density at radius 3 is 2.59 bits per heavy atom. The normalized spacial score (nSPS) is 19.9. The third-order valence-electron chi connectivity index (χ3n) is 3.14. The fourth-order valence-electron chi connectivity index (χ4n) is 2.44. The summed E-state index contributed by atoms with van der Waals surface area (Å²) in [6.45, 7) is 4.50. The lowest BCUT2D eigenvalue weighted by Crippen LogP contribution is -2.27. The lowest BCUT2D eigenvalue weighted by molar-refractivity contribution is 0.210. The van der Waals surface area contributed by atoms with Crippen molar-refractivity contribution in [2.75, 3.05) is 14.2 Å². The van der Waals surface area contributed by atoms with Crippen LogP contribution in [0.15, 0.2) is 23.4 Å². The van der Waals surface area contributed by atoms with Gasteiger partial charge in [0.2, 0.25) is 0 Å². The Morgan fingerprint density at radius 2 is 1.94 bits per heavy atom. The van der Waals surface area contributed by atoms with Crippen LogP contribution in [0.2, 0.25) is 0 Å². The second kappa shape index (κ2) is 4.40. The molecule has 0 heterocycles. The topological polar surface area (TPSA) is 30.8 Å². The molecular formula is C14H19NO2. The third-order valence-corrected chi connectivity index (χ3v) is 3.14. The number of nitrogens with zero attached hydrogens (tertiary/aromatic N) is 1. The first-order valence-corrected chi connectivity index (χ1v) is 5.83. The molecule has 0 aromatic heterocycles. The van der Waals surface area contributed by atoms with Crippen LogP contribution >= 0.6 is 0 Å². The quantitative estimate of drug-likeness (QED) is 0.735. The summed E-state index contributed by atoms with van der Waals surface area (Å²) in [6.07, 6.45) is 1.99. The smallest absolute Gasteiger partial charge is 0.119 e. The summed E-state index contributed by atoms with van der Waals surface area (Å²) in [6, 6.07) is 6.14. The van der Waals surface area contributed by atoms with Gasteiger partial charge in [-0.3, -0.25) is 0 Å². The number of ether oxygens (including phenoxy) is 1. The molecule has 0 bridgehead atoms. The molecule has 0 radical (unpaired) electrons. The minimum atomic E-state index is 0.219. The lowest BCUT2D eigenvalue weighted by atomic mass is 9.73. The van der Waals surface area contributed by atoms with Crippen molar-refractivity contribution in [2.45, 2.75) is 26.7 Å². The molecule has 0 fully saturated rings. The van der Waals surface area contributed by atoms with Gasteiger partial charge in [0.05, 0.1) is 12.8 Å². The summed E-state index contributed by atoms with van der Waals surface area (Å²) in [5.74, 6) is 0.901. The highest BCUT2D eigenvalue weighted by molar-refractivity contribution is 6.03. The van der Waals surface area contributed by atoms with E-state index in [2.05, 4.69) is 31.1 Å². The van der Waals surface area contributed by atoms with E-state index in [1.165, 1.54) is 11.1 Å². The van der Waals surface area contributed by atoms with Crippen molar-refractivity contribution < 1.29 is 9.57 Å². The van der Waals surface area contributed by atoms with Crippen LogP contribution in [-0.2, 0) is 11.3 Å². The maximum atomic E-state index is 5.27. The summed E-state index contributed by atoms with van der Waals surface area (Å²) in [5.41, 5.74) is 3.72. The fraction of sp³-hybridized carbons (Fsp3) is 0.500. The van der Waals surface area contributed by atoms with Gasteiger partial charge in [-0.1, -0.05) is 19.0 Å². The van der Waals surface area contributed by atoms with Gasteiger partial charge in [0, 0.05) is 5.56 Å². The molecule has 3 nitrogen and oxygen atoms in total. The zero-order valence-corrected chi connectivity index (χ0v) is 10.9. The van der Waals surface area contributed by atoms with Crippen LogP contribution in [0.4, 0.5) is 0 Å². The largest absolute Gasteiger partial charge is 0.497 e. The zero-order chi connectivity index (χ0) is 12.5. The predicted molar refractivity (Wildman–Crippen MR) is 68.6 cm³/mol. The number of fused-ring (bicyclic) bond motifs is 1.